The monoisotopic (exact) mass is 659 g/mol. The second kappa shape index (κ2) is 12.5. The third-order valence-corrected chi connectivity index (χ3v) is 8.35. The molecule has 1 aromatic heterocycles. The number of thioether (sulfide) groups is 1. The van der Waals surface area contributed by atoms with Crippen LogP contribution in [0.3, 0.4) is 0 Å². The third kappa shape index (κ3) is 7.62. The number of hydrogen-bond donors (Lipinski definition) is 3. The summed E-state index contributed by atoms with van der Waals surface area (Å²) in [7, 11) is 0. The summed E-state index contributed by atoms with van der Waals surface area (Å²) in [6, 6.07) is 6.72. The van der Waals surface area contributed by atoms with Gasteiger partial charge in [-0.05, 0) is 70.6 Å². The number of rotatable bonds is 8. The van der Waals surface area contributed by atoms with Gasteiger partial charge < -0.3 is 16.2 Å². The first kappa shape index (κ1) is 32.2. The molecule has 43 heavy (non-hydrogen) atoms. The van der Waals surface area contributed by atoms with E-state index < -0.39 is 41.3 Å². The van der Waals surface area contributed by atoms with Crippen LogP contribution >= 0.6 is 35.3 Å². The molecule has 1 aliphatic heterocycles. The summed E-state index contributed by atoms with van der Waals surface area (Å²) in [5.41, 5.74) is 3.32. The molecular formula is C27H19F6N3O4S3. The lowest BCUT2D eigenvalue weighted by Crippen LogP contribution is -2.31. The highest BCUT2D eigenvalue weighted by molar-refractivity contribution is 8.26. The zero-order valence-corrected chi connectivity index (χ0v) is 24.0. The van der Waals surface area contributed by atoms with Gasteiger partial charge in [-0.2, -0.15) is 26.3 Å². The van der Waals surface area contributed by atoms with Gasteiger partial charge in [-0.15, -0.1) is 11.3 Å². The fraction of sp³-hybridized carbons (Fsp3) is 0.185. The Morgan fingerprint density at radius 3 is 2.23 bits per heavy atom. The van der Waals surface area contributed by atoms with Crippen LogP contribution in [0.15, 0.2) is 52.7 Å². The molecule has 0 atom stereocenters. The number of thiocarbonyl (C=S) groups is 1. The number of hydrogen-bond acceptors (Lipinski definition) is 7. The molecule has 0 spiro atoms. The Kier molecular flexibility index (Phi) is 9.34. The van der Waals surface area contributed by atoms with Gasteiger partial charge in [0.1, 0.15) is 4.32 Å². The van der Waals surface area contributed by atoms with Crippen LogP contribution < -0.4 is 11.1 Å². The van der Waals surface area contributed by atoms with Crippen molar-refractivity contribution in [2.75, 3.05) is 11.9 Å². The Morgan fingerprint density at radius 1 is 1.00 bits per heavy atom. The van der Waals surface area contributed by atoms with E-state index in [0.717, 1.165) is 23.1 Å². The number of halogens is 6. The number of carbonyl (C=O) groups excluding carboxylic acids is 2. The molecule has 1 saturated heterocycles. The van der Waals surface area contributed by atoms with Crippen molar-refractivity contribution < 1.29 is 45.8 Å². The molecule has 0 bridgehead atoms. The quantitative estimate of drug-likeness (QED) is 0.138. The molecule has 1 fully saturated rings. The highest BCUT2D eigenvalue weighted by atomic mass is 32.2. The van der Waals surface area contributed by atoms with Crippen molar-refractivity contribution in [2.24, 2.45) is 5.73 Å². The second-order valence-corrected chi connectivity index (χ2v) is 11.7. The van der Waals surface area contributed by atoms with Gasteiger partial charge >= 0.3 is 18.3 Å². The summed E-state index contributed by atoms with van der Waals surface area (Å²) in [6.07, 6.45) is -8.72. The summed E-state index contributed by atoms with van der Waals surface area (Å²) in [5.74, 6) is -2.16. The number of carbonyl (C=O) groups is 3. The number of nitrogens with two attached hydrogens (primary N) is 1. The van der Waals surface area contributed by atoms with Crippen molar-refractivity contribution in [1.29, 1.82) is 0 Å². The van der Waals surface area contributed by atoms with Crippen molar-refractivity contribution >= 4 is 69.2 Å². The first-order valence-corrected chi connectivity index (χ1v) is 14.2. The highest BCUT2D eigenvalue weighted by Gasteiger charge is 2.37. The predicted molar refractivity (Wildman–Crippen MR) is 154 cm³/mol. The Labute approximate surface area is 253 Å². The molecule has 2 aromatic carbocycles. The number of carboxylic acid groups (broad SMARTS) is 1. The zero-order chi connectivity index (χ0) is 31.7. The fourth-order valence-corrected chi connectivity index (χ4v) is 6.19. The standard InChI is InChI=1S/C27H19F6N3O4S3/c28-26(29,30)17-6-14(7-18(9-17)27(31,32)33)16-8-19(42-12-16)10-21-23(38)36(25(41)43-21)4-3-22(37)35-20-2-1-13(24(39)40)5-15(20)11-34/h1-2,5-10,12H,3-4,11,34H2,(H,35,37)(H,39,40). The first-order chi connectivity index (χ1) is 20.1. The largest absolute Gasteiger partial charge is 0.478 e. The maximum absolute atomic E-state index is 13.3. The van der Waals surface area contributed by atoms with Crippen LogP contribution in [0.2, 0.25) is 0 Å². The summed E-state index contributed by atoms with van der Waals surface area (Å²) >= 11 is 7.21. The SMILES string of the molecule is NCc1cc(C(=O)O)ccc1NC(=O)CCN1C(=O)C(=Cc2cc(-c3cc(C(F)(F)F)cc(C(F)(F)F)c3)cs2)SC1=S. The van der Waals surface area contributed by atoms with E-state index in [0.29, 0.717) is 28.3 Å². The third-order valence-electron chi connectivity index (χ3n) is 6.10. The summed E-state index contributed by atoms with van der Waals surface area (Å²) in [4.78, 5) is 38.4. The van der Waals surface area contributed by atoms with Crippen molar-refractivity contribution in [3.05, 3.63) is 79.9 Å². The smallest absolute Gasteiger partial charge is 0.416 e. The molecule has 4 N–H and O–H groups in total. The molecule has 0 unspecified atom stereocenters. The molecule has 1 aliphatic rings. The van der Waals surface area contributed by atoms with Crippen LogP contribution in [-0.2, 0) is 28.5 Å². The van der Waals surface area contributed by atoms with Crippen LogP contribution in [0.1, 0.15) is 38.3 Å². The van der Waals surface area contributed by atoms with Crippen LogP contribution in [0.4, 0.5) is 32.0 Å². The Morgan fingerprint density at radius 2 is 1.65 bits per heavy atom. The minimum Gasteiger partial charge on any atom is -0.478 e. The van der Waals surface area contributed by atoms with E-state index in [1.807, 2.05) is 0 Å². The van der Waals surface area contributed by atoms with Crippen molar-refractivity contribution in [1.82, 2.24) is 4.90 Å². The first-order valence-electron chi connectivity index (χ1n) is 12.1. The highest BCUT2D eigenvalue weighted by Crippen LogP contribution is 2.40. The van der Waals surface area contributed by atoms with Crippen LogP contribution in [0.5, 0.6) is 0 Å². The maximum Gasteiger partial charge on any atom is 0.416 e. The molecule has 16 heteroatoms. The van der Waals surface area contributed by atoms with Crippen LogP contribution in [0.25, 0.3) is 17.2 Å². The summed E-state index contributed by atoms with van der Waals surface area (Å²) in [5, 5.41) is 13.1. The average Bonchev–Trinajstić information content (AvgIpc) is 3.50. The van der Waals surface area contributed by atoms with E-state index in [2.05, 4.69) is 5.32 Å². The van der Waals surface area contributed by atoms with Crippen molar-refractivity contribution in [3.63, 3.8) is 0 Å². The predicted octanol–water partition coefficient (Wildman–Crippen LogP) is 6.84. The van der Waals surface area contributed by atoms with Gasteiger partial charge in [-0.25, -0.2) is 4.79 Å². The number of aromatic carboxylic acids is 1. The van der Waals surface area contributed by atoms with E-state index in [-0.39, 0.29) is 51.5 Å². The number of alkyl halides is 6. The van der Waals surface area contributed by atoms with E-state index in [1.54, 1.807) is 0 Å². The Balaban J connectivity index is 1.46. The second-order valence-electron chi connectivity index (χ2n) is 9.05. The molecule has 0 saturated carbocycles. The zero-order valence-electron chi connectivity index (χ0n) is 21.5. The van der Waals surface area contributed by atoms with E-state index in [9.17, 15) is 40.7 Å². The lowest BCUT2D eigenvalue weighted by atomic mass is 10.0. The van der Waals surface area contributed by atoms with Gasteiger partial charge in [-0.1, -0.05) is 24.0 Å². The van der Waals surface area contributed by atoms with E-state index >= 15 is 0 Å². The Bertz CT molecular complexity index is 1620. The van der Waals surface area contributed by atoms with Crippen LogP contribution in [-0.4, -0.2) is 38.7 Å². The minimum atomic E-state index is -4.99. The Hall–Kier alpha value is -3.73. The van der Waals surface area contributed by atoms with Gasteiger partial charge in [-0.3, -0.25) is 14.5 Å². The molecule has 2 heterocycles. The van der Waals surface area contributed by atoms with Gasteiger partial charge in [0.2, 0.25) is 5.91 Å². The fourth-order valence-electron chi connectivity index (χ4n) is 3.97. The van der Waals surface area contributed by atoms with Gasteiger partial charge in [0.15, 0.2) is 0 Å². The number of thiophene rings is 1. The number of nitrogens with zero attached hydrogens (tertiary/aromatic N) is 1. The molecular weight excluding hydrogens is 641 g/mol. The lowest BCUT2D eigenvalue weighted by molar-refractivity contribution is -0.143. The van der Waals surface area contributed by atoms with Crippen molar-refractivity contribution in [3.8, 4) is 11.1 Å². The molecule has 0 aliphatic carbocycles. The molecule has 3 aromatic rings. The maximum atomic E-state index is 13.3. The van der Waals surface area contributed by atoms with Crippen LogP contribution in [0, 0.1) is 0 Å². The molecule has 4 rings (SSSR count). The number of amides is 2. The number of benzene rings is 2. The summed E-state index contributed by atoms with van der Waals surface area (Å²) in [6.45, 7) is -0.114. The van der Waals surface area contributed by atoms with E-state index in [4.69, 9.17) is 23.1 Å². The molecule has 2 amide bonds. The van der Waals surface area contributed by atoms with Gasteiger partial charge in [0.05, 0.1) is 21.6 Å². The molecule has 0 radical (unpaired) electrons. The minimum absolute atomic E-state index is 0.00143. The molecule has 7 nitrogen and oxygen atoms in total. The van der Waals surface area contributed by atoms with Gasteiger partial charge in [0.25, 0.3) is 5.91 Å². The van der Waals surface area contributed by atoms with E-state index in [1.165, 1.54) is 40.6 Å². The number of nitrogens with one attached hydrogen (secondary N) is 1. The lowest BCUT2D eigenvalue weighted by Gasteiger charge is -2.15. The topological polar surface area (TPSA) is 113 Å². The number of anilines is 1. The molecule has 226 valence electrons. The number of carboxylic acids is 1. The van der Waals surface area contributed by atoms with Gasteiger partial charge in [0, 0.05) is 30.1 Å². The van der Waals surface area contributed by atoms with Crippen molar-refractivity contribution in [2.45, 2.75) is 25.3 Å². The normalized spacial score (nSPS) is 15.0. The average molecular weight is 660 g/mol. The summed E-state index contributed by atoms with van der Waals surface area (Å²) < 4.78 is 79.7.